The Bertz CT molecular complexity index is 1090. The number of amides is 1. The maximum absolute atomic E-state index is 12.3. The number of para-hydroxylation sites is 1. The Morgan fingerprint density at radius 2 is 1.97 bits per heavy atom. The SMILES string of the molecule is CC(C)n1nccc1NC(=O)[C@H](C)OC(=O)CCc1nc2ccccc2c(=O)[nH]1. The van der Waals surface area contributed by atoms with Crippen molar-refractivity contribution in [3.63, 3.8) is 0 Å². The summed E-state index contributed by atoms with van der Waals surface area (Å²) in [4.78, 5) is 43.5. The Kier molecular flexibility index (Phi) is 6.06. The van der Waals surface area contributed by atoms with E-state index in [0.717, 1.165) is 0 Å². The molecule has 0 spiro atoms. The van der Waals surface area contributed by atoms with Gasteiger partial charge < -0.3 is 15.0 Å². The number of nitrogens with zero attached hydrogens (tertiary/aromatic N) is 3. The lowest BCUT2D eigenvalue weighted by molar-refractivity contribution is -0.153. The van der Waals surface area contributed by atoms with Crippen molar-refractivity contribution >= 4 is 28.6 Å². The molecular formula is C20H23N5O4. The third-order valence-corrected chi connectivity index (χ3v) is 4.32. The minimum absolute atomic E-state index is 0.0111. The smallest absolute Gasteiger partial charge is 0.307 e. The Morgan fingerprint density at radius 3 is 2.72 bits per heavy atom. The van der Waals surface area contributed by atoms with Crippen molar-refractivity contribution < 1.29 is 14.3 Å². The molecule has 0 unspecified atom stereocenters. The van der Waals surface area contributed by atoms with Crippen LogP contribution in [0, 0.1) is 0 Å². The van der Waals surface area contributed by atoms with E-state index in [9.17, 15) is 14.4 Å². The van der Waals surface area contributed by atoms with Gasteiger partial charge >= 0.3 is 5.97 Å². The molecule has 0 saturated carbocycles. The van der Waals surface area contributed by atoms with E-state index in [2.05, 4.69) is 20.4 Å². The van der Waals surface area contributed by atoms with Crippen LogP contribution in [-0.4, -0.2) is 37.7 Å². The Labute approximate surface area is 167 Å². The number of H-pyrrole nitrogens is 1. The summed E-state index contributed by atoms with van der Waals surface area (Å²) in [6.07, 6.45) is 0.807. The zero-order chi connectivity index (χ0) is 21.0. The predicted molar refractivity (Wildman–Crippen MR) is 107 cm³/mol. The minimum Gasteiger partial charge on any atom is -0.453 e. The average molecular weight is 397 g/mol. The average Bonchev–Trinajstić information content (AvgIpc) is 3.15. The number of benzene rings is 1. The summed E-state index contributed by atoms with van der Waals surface area (Å²) in [6.45, 7) is 5.38. The third kappa shape index (κ3) is 4.87. The second-order valence-corrected chi connectivity index (χ2v) is 6.91. The summed E-state index contributed by atoms with van der Waals surface area (Å²) in [5.41, 5.74) is 0.308. The highest BCUT2D eigenvalue weighted by molar-refractivity contribution is 5.94. The fraction of sp³-hybridized carbons (Fsp3) is 0.350. The highest BCUT2D eigenvalue weighted by atomic mass is 16.5. The van der Waals surface area contributed by atoms with Crippen molar-refractivity contribution in [2.45, 2.75) is 45.8 Å². The normalized spacial score (nSPS) is 12.1. The van der Waals surface area contributed by atoms with Crippen molar-refractivity contribution in [3.8, 4) is 0 Å². The zero-order valence-corrected chi connectivity index (χ0v) is 16.5. The number of nitrogens with one attached hydrogen (secondary N) is 2. The molecule has 9 heteroatoms. The van der Waals surface area contributed by atoms with E-state index in [1.54, 1.807) is 41.2 Å². The van der Waals surface area contributed by atoms with Gasteiger partial charge in [0.05, 0.1) is 23.5 Å². The summed E-state index contributed by atoms with van der Waals surface area (Å²) in [5, 5.41) is 7.33. The highest BCUT2D eigenvalue weighted by Crippen LogP contribution is 2.14. The van der Waals surface area contributed by atoms with Gasteiger partial charge in [-0.1, -0.05) is 12.1 Å². The van der Waals surface area contributed by atoms with Gasteiger partial charge in [-0.3, -0.25) is 14.4 Å². The second kappa shape index (κ2) is 8.68. The van der Waals surface area contributed by atoms with Crippen molar-refractivity contribution in [2.24, 2.45) is 0 Å². The maximum atomic E-state index is 12.3. The number of carbonyl (C=O) groups is 2. The molecule has 3 rings (SSSR count). The van der Waals surface area contributed by atoms with Crippen LogP contribution in [0.2, 0.25) is 0 Å². The van der Waals surface area contributed by atoms with Gasteiger partial charge in [-0.05, 0) is 32.9 Å². The van der Waals surface area contributed by atoms with Crippen LogP contribution in [0.3, 0.4) is 0 Å². The van der Waals surface area contributed by atoms with Gasteiger partial charge in [-0.25, -0.2) is 9.67 Å². The van der Waals surface area contributed by atoms with Crippen LogP contribution in [0.1, 0.15) is 39.1 Å². The fourth-order valence-electron chi connectivity index (χ4n) is 2.84. The van der Waals surface area contributed by atoms with Gasteiger partial charge in [0.15, 0.2) is 6.10 Å². The maximum Gasteiger partial charge on any atom is 0.307 e. The molecule has 2 aromatic heterocycles. The minimum atomic E-state index is -0.971. The van der Waals surface area contributed by atoms with Gasteiger partial charge in [0.2, 0.25) is 0 Å². The Hall–Kier alpha value is -3.49. The lowest BCUT2D eigenvalue weighted by Crippen LogP contribution is -2.31. The molecule has 2 heterocycles. The van der Waals surface area contributed by atoms with E-state index < -0.39 is 18.0 Å². The number of anilines is 1. The van der Waals surface area contributed by atoms with E-state index in [1.165, 1.54) is 6.92 Å². The number of fused-ring (bicyclic) bond motifs is 1. The number of ether oxygens (including phenoxy) is 1. The molecule has 0 bridgehead atoms. The molecule has 152 valence electrons. The summed E-state index contributed by atoms with van der Waals surface area (Å²) < 4.78 is 6.86. The van der Waals surface area contributed by atoms with Crippen molar-refractivity contribution in [1.29, 1.82) is 0 Å². The van der Waals surface area contributed by atoms with Gasteiger partial charge in [0.1, 0.15) is 11.6 Å². The first kappa shape index (κ1) is 20.2. The van der Waals surface area contributed by atoms with Gasteiger partial charge in [0, 0.05) is 18.5 Å². The number of aryl methyl sites for hydroxylation is 1. The van der Waals surface area contributed by atoms with Crippen LogP contribution in [-0.2, 0) is 20.7 Å². The first-order chi connectivity index (χ1) is 13.8. The topological polar surface area (TPSA) is 119 Å². The van der Waals surface area contributed by atoms with Crippen LogP contribution >= 0.6 is 0 Å². The molecule has 1 atom stereocenters. The first-order valence-corrected chi connectivity index (χ1v) is 9.37. The number of aromatic nitrogens is 4. The highest BCUT2D eigenvalue weighted by Gasteiger charge is 2.20. The van der Waals surface area contributed by atoms with Crippen LogP contribution in [0.15, 0.2) is 41.3 Å². The van der Waals surface area contributed by atoms with E-state index >= 15 is 0 Å². The van der Waals surface area contributed by atoms with E-state index in [0.29, 0.717) is 22.5 Å². The van der Waals surface area contributed by atoms with E-state index in [-0.39, 0.29) is 24.4 Å². The molecule has 29 heavy (non-hydrogen) atoms. The van der Waals surface area contributed by atoms with Crippen molar-refractivity contribution in [1.82, 2.24) is 19.7 Å². The van der Waals surface area contributed by atoms with Crippen molar-refractivity contribution in [3.05, 3.63) is 52.7 Å². The summed E-state index contributed by atoms with van der Waals surface area (Å²) in [7, 11) is 0. The molecule has 0 fully saturated rings. The third-order valence-electron chi connectivity index (χ3n) is 4.32. The van der Waals surface area contributed by atoms with Gasteiger partial charge in [-0.2, -0.15) is 5.10 Å². The quantitative estimate of drug-likeness (QED) is 0.590. The second-order valence-electron chi connectivity index (χ2n) is 6.91. The molecule has 0 aliphatic rings. The molecule has 2 N–H and O–H groups in total. The fourth-order valence-corrected chi connectivity index (χ4v) is 2.84. The zero-order valence-electron chi connectivity index (χ0n) is 16.5. The van der Waals surface area contributed by atoms with Crippen LogP contribution in [0.5, 0.6) is 0 Å². The number of carbonyl (C=O) groups excluding carboxylic acids is 2. The number of hydrogen-bond donors (Lipinski definition) is 2. The summed E-state index contributed by atoms with van der Waals surface area (Å²) in [6, 6.07) is 8.73. The largest absolute Gasteiger partial charge is 0.453 e. The lowest BCUT2D eigenvalue weighted by atomic mass is 10.2. The van der Waals surface area contributed by atoms with E-state index in [4.69, 9.17) is 4.74 Å². The predicted octanol–water partition coefficient (Wildman–Crippen LogP) is 2.20. The Balaban J connectivity index is 1.55. The summed E-state index contributed by atoms with van der Waals surface area (Å²) in [5.74, 6) is -0.0757. The molecule has 0 aliphatic heterocycles. The monoisotopic (exact) mass is 397 g/mol. The number of rotatable bonds is 7. The van der Waals surface area contributed by atoms with Gasteiger partial charge in [-0.15, -0.1) is 0 Å². The first-order valence-electron chi connectivity index (χ1n) is 9.37. The Morgan fingerprint density at radius 1 is 1.21 bits per heavy atom. The number of esters is 1. The molecule has 1 aromatic carbocycles. The molecule has 0 aliphatic carbocycles. The standard InChI is InChI=1S/C20H23N5O4/c1-12(2)25-17(10-11-21-25)24-19(27)13(3)29-18(26)9-8-16-22-15-7-5-4-6-14(15)20(28)23-16/h4-7,10-13H,8-9H2,1-3H3,(H,24,27)(H,22,23,28)/t13-/m0/s1. The molecule has 0 radical (unpaired) electrons. The lowest BCUT2D eigenvalue weighted by Gasteiger charge is -2.15. The number of aromatic amines is 1. The van der Waals surface area contributed by atoms with E-state index in [1.807, 2.05) is 13.8 Å². The number of hydrogen-bond acceptors (Lipinski definition) is 6. The van der Waals surface area contributed by atoms with Crippen LogP contribution in [0.25, 0.3) is 10.9 Å². The molecule has 9 nitrogen and oxygen atoms in total. The van der Waals surface area contributed by atoms with Gasteiger partial charge in [0.25, 0.3) is 11.5 Å². The molecular weight excluding hydrogens is 374 g/mol. The molecule has 0 saturated heterocycles. The molecule has 3 aromatic rings. The van der Waals surface area contributed by atoms with Crippen molar-refractivity contribution in [2.75, 3.05) is 5.32 Å². The van der Waals surface area contributed by atoms with Crippen LogP contribution in [0.4, 0.5) is 5.82 Å². The van der Waals surface area contributed by atoms with Crippen LogP contribution < -0.4 is 10.9 Å². The summed E-state index contributed by atoms with van der Waals surface area (Å²) >= 11 is 0. The molecule has 1 amide bonds.